The number of rotatable bonds is 7. The molecule has 0 radical (unpaired) electrons. The first kappa shape index (κ1) is 21.9. The summed E-state index contributed by atoms with van der Waals surface area (Å²) in [6.07, 6.45) is 2.99. The molecule has 1 saturated heterocycles. The van der Waals surface area contributed by atoms with Crippen molar-refractivity contribution in [1.82, 2.24) is 4.90 Å². The minimum absolute atomic E-state index is 0.0654. The van der Waals surface area contributed by atoms with E-state index in [1.165, 1.54) is 23.1 Å². The second-order valence-electron chi connectivity index (χ2n) is 8.21. The van der Waals surface area contributed by atoms with Crippen LogP contribution in [0.3, 0.4) is 0 Å². The van der Waals surface area contributed by atoms with Gasteiger partial charge >= 0.3 is 0 Å². The Balaban J connectivity index is 1.30. The topological polar surface area (TPSA) is 71.1 Å². The molecule has 0 amide bonds. The molecule has 31 heavy (non-hydrogen) atoms. The Kier molecular flexibility index (Phi) is 6.69. The third kappa shape index (κ3) is 5.70. The quantitative estimate of drug-likeness (QED) is 0.707. The molecule has 1 fully saturated rings. The van der Waals surface area contributed by atoms with Gasteiger partial charge in [0.15, 0.2) is 0 Å². The molecule has 4 rings (SSSR count). The first-order valence-corrected chi connectivity index (χ1v) is 12.6. The van der Waals surface area contributed by atoms with Crippen molar-refractivity contribution in [2.24, 2.45) is 0 Å². The zero-order chi connectivity index (χ0) is 21.8. The molecule has 2 heterocycles. The lowest BCUT2D eigenvalue weighted by Gasteiger charge is -2.37. The van der Waals surface area contributed by atoms with Crippen LogP contribution in [0.4, 0.5) is 11.4 Å². The van der Waals surface area contributed by atoms with E-state index in [0.717, 1.165) is 51.3 Å². The maximum atomic E-state index is 11.5. The number of hydrogen-bond donors (Lipinski definition) is 1. The summed E-state index contributed by atoms with van der Waals surface area (Å²) in [7, 11) is -1.58. The van der Waals surface area contributed by atoms with Gasteiger partial charge in [0.25, 0.3) is 0 Å². The summed E-state index contributed by atoms with van der Waals surface area (Å²) < 4.78 is 36.9. The molecule has 2 aliphatic heterocycles. The van der Waals surface area contributed by atoms with Crippen LogP contribution in [0.1, 0.15) is 23.7 Å². The highest BCUT2D eigenvalue weighted by Crippen LogP contribution is 2.32. The molecule has 0 spiro atoms. The molecule has 1 unspecified atom stereocenters. The van der Waals surface area contributed by atoms with E-state index in [4.69, 9.17) is 9.47 Å². The zero-order valence-electron chi connectivity index (χ0n) is 18.2. The molecule has 1 N–H and O–H groups in total. The molecule has 8 heteroatoms. The van der Waals surface area contributed by atoms with Gasteiger partial charge in [0.1, 0.15) is 5.75 Å². The lowest BCUT2D eigenvalue weighted by molar-refractivity contribution is 0.0289. The number of nitrogens with one attached hydrogen (secondary N) is 1. The molecule has 0 saturated carbocycles. The number of sulfonamides is 1. The maximum Gasteiger partial charge on any atom is 0.229 e. The fourth-order valence-corrected chi connectivity index (χ4v) is 4.93. The molecule has 0 aliphatic carbocycles. The summed E-state index contributed by atoms with van der Waals surface area (Å²) in [5.74, 6) is 0.884. The lowest BCUT2D eigenvalue weighted by atomic mass is 9.95. The lowest BCUT2D eigenvalue weighted by Crippen LogP contribution is -2.46. The van der Waals surface area contributed by atoms with Crippen LogP contribution in [-0.4, -0.2) is 66.0 Å². The first-order chi connectivity index (χ1) is 14.9. The zero-order valence-corrected chi connectivity index (χ0v) is 19.0. The van der Waals surface area contributed by atoms with Crippen LogP contribution in [0, 0.1) is 0 Å². The van der Waals surface area contributed by atoms with Crippen LogP contribution in [-0.2, 0) is 21.2 Å². The van der Waals surface area contributed by atoms with Crippen LogP contribution in [0.5, 0.6) is 5.75 Å². The Labute approximate surface area is 185 Å². The van der Waals surface area contributed by atoms with Crippen molar-refractivity contribution in [3.05, 3.63) is 53.6 Å². The van der Waals surface area contributed by atoms with E-state index in [9.17, 15) is 8.42 Å². The largest absolute Gasteiger partial charge is 0.497 e. The number of nitrogens with zero attached hydrogens (tertiary/aromatic N) is 2. The van der Waals surface area contributed by atoms with Gasteiger partial charge in [-0.2, -0.15) is 0 Å². The summed E-state index contributed by atoms with van der Waals surface area (Å²) in [4.78, 5) is 4.91. The summed E-state index contributed by atoms with van der Waals surface area (Å²) in [6, 6.07) is 14.0. The average molecular weight is 446 g/mol. The van der Waals surface area contributed by atoms with Gasteiger partial charge in [0, 0.05) is 44.1 Å². The van der Waals surface area contributed by atoms with Crippen LogP contribution >= 0.6 is 0 Å². The van der Waals surface area contributed by atoms with E-state index in [1.807, 2.05) is 30.3 Å². The van der Waals surface area contributed by atoms with Gasteiger partial charge in [0.05, 0.1) is 26.1 Å². The predicted molar refractivity (Wildman–Crippen MR) is 124 cm³/mol. The van der Waals surface area contributed by atoms with Crippen molar-refractivity contribution in [1.29, 1.82) is 0 Å². The van der Waals surface area contributed by atoms with E-state index in [-0.39, 0.29) is 6.10 Å². The van der Waals surface area contributed by atoms with Gasteiger partial charge in [-0.1, -0.05) is 6.07 Å². The molecule has 0 aromatic heterocycles. The SMILES string of the molecule is COc1ccc(N2CCN(CCC3OCCc4cc(NS(C)(=O)=O)ccc43)CC2)cc1. The van der Waals surface area contributed by atoms with Crippen molar-refractivity contribution < 1.29 is 17.9 Å². The van der Waals surface area contributed by atoms with Gasteiger partial charge in [-0.25, -0.2) is 8.42 Å². The fraction of sp³-hybridized carbons (Fsp3) is 0.478. The van der Waals surface area contributed by atoms with Crippen molar-refractivity contribution in [3.8, 4) is 5.75 Å². The van der Waals surface area contributed by atoms with Crippen molar-refractivity contribution >= 4 is 21.4 Å². The molecule has 2 aromatic rings. The van der Waals surface area contributed by atoms with E-state index in [0.29, 0.717) is 12.3 Å². The fourth-order valence-electron chi connectivity index (χ4n) is 4.38. The highest BCUT2D eigenvalue weighted by atomic mass is 32.2. The Hall–Kier alpha value is -2.29. The van der Waals surface area contributed by atoms with Gasteiger partial charge in [-0.05, 0) is 60.4 Å². The Morgan fingerprint density at radius 3 is 2.52 bits per heavy atom. The monoisotopic (exact) mass is 445 g/mol. The Morgan fingerprint density at radius 2 is 1.84 bits per heavy atom. The molecule has 2 aliphatic rings. The standard InChI is InChI=1S/C23H31N3O4S/c1-29-21-6-4-20(5-7-21)26-14-12-25(13-15-26)11-9-23-22-8-3-19(24-31(2,27)28)17-18(22)10-16-30-23/h3-8,17,23-24H,9-16H2,1-2H3. The van der Waals surface area contributed by atoms with Gasteiger partial charge in [-0.3, -0.25) is 9.62 Å². The minimum atomic E-state index is -3.27. The normalized spacial score (nSPS) is 19.7. The van der Waals surface area contributed by atoms with Crippen molar-refractivity contribution in [3.63, 3.8) is 0 Å². The number of anilines is 2. The Bertz CT molecular complexity index is 986. The van der Waals surface area contributed by atoms with Crippen molar-refractivity contribution in [2.45, 2.75) is 18.9 Å². The van der Waals surface area contributed by atoms with E-state index in [1.54, 1.807) is 7.11 Å². The van der Waals surface area contributed by atoms with E-state index < -0.39 is 10.0 Å². The van der Waals surface area contributed by atoms with Gasteiger partial charge in [-0.15, -0.1) is 0 Å². The molecular formula is C23H31N3O4S. The van der Waals surface area contributed by atoms with Gasteiger partial charge < -0.3 is 14.4 Å². The number of benzene rings is 2. The van der Waals surface area contributed by atoms with Crippen LogP contribution < -0.4 is 14.4 Å². The average Bonchev–Trinajstić information content (AvgIpc) is 2.77. The third-order valence-corrected chi connectivity index (χ3v) is 6.61. The van der Waals surface area contributed by atoms with E-state index in [2.05, 4.69) is 26.7 Å². The molecule has 2 aromatic carbocycles. The molecule has 0 bridgehead atoms. The number of methoxy groups -OCH3 is 1. The second-order valence-corrected chi connectivity index (χ2v) is 9.96. The van der Waals surface area contributed by atoms with Crippen LogP contribution in [0.15, 0.2) is 42.5 Å². The molecule has 7 nitrogen and oxygen atoms in total. The van der Waals surface area contributed by atoms with Gasteiger partial charge in [0.2, 0.25) is 10.0 Å². The second kappa shape index (κ2) is 9.46. The number of piperazine rings is 1. The Morgan fingerprint density at radius 1 is 1.10 bits per heavy atom. The highest BCUT2D eigenvalue weighted by Gasteiger charge is 2.24. The highest BCUT2D eigenvalue weighted by molar-refractivity contribution is 7.92. The minimum Gasteiger partial charge on any atom is -0.497 e. The predicted octanol–water partition coefficient (Wildman–Crippen LogP) is 2.89. The van der Waals surface area contributed by atoms with Crippen LogP contribution in [0.2, 0.25) is 0 Å². The number of fused-ring (bicyclic) bond motifs is 1. The third-order valence-electron chi connectivity index (χ3n) is 6.00. The molecule has 168 valence electrons. The summed E-state index contributed by atoms with van der Waals surface area (Å²) >= 11 is 0. The number of hydrogen-bond acceptors (Lipinski definition) is 6. The van der Waals surface area contributed by atoms with E-state index >= 15 is 0 Å². The maximum absolute atomic E-state index is 11.5. The summed E-state index contributed by atoms with van der Waals surface area (Å²) in [5.41, 5.74) is 4.22. The van der Waals surface area contributed by atoms with Crippen LogP contribution in [0.25, 0.3) is 0 Å². The molecule has 1 atom stereocenters. The summed E-state index contributed by atoms with van der Waals surface area (Å²) in [5, 5.41) is 0. The smallest absolute Gasteiger partial charge is 0.229 e. The van der Waals surface area contributed by atoms with Crippen molar-refractivity contribution in [2.75, 3.05) is 62.3 Å². The molecular weight excluding hydrogens is 414 g/mol. The first-order valence-electron chi connectivity index (χ1n) is 10.7. The number of ether oxygens (including phenoxy) is 2. The summed E-state index contributed by atoms with van der Waals surface area (Å²) in [6.45, 7) is 5.74.